The quantitative estimate of drug-likeness (QED) is 0.814. The zero-order valence-electron chi connectivity index (χ0n) is 14.6. The van der Waals surface area contributed by atoms with Crippen LogP contribution in [0.25, 0.3) is 0 Å². The standard InChI is InChI=1S/C17H27N3O3S/c1-17(2,3)19-18-16(21)14-9-8-10-15(13-14)24(22,23)20-11-6-4-5-7-12-20/h8-10,13,19H,4-7,11-12H2,1-3H3,(H,18,21). The van der Waals surface area contributed by atoms with Gasteiger partial charge < -0.3 is 0 Å². The maximum Gasteiger partial charge on any atom is 0.265 e. The van der Waals surface area contributed by atoms with E-state index in [4.69, 9.17) is 0 Å². The van der Waals surface area contributed by atoms with Crippen LogP contribution in [0.2, 0.25) is 0 Å². The van der Waals surface area contributed by atoms with E-state index in [1.54, 1.807) is 18.2 Å². The highest BCUT2D eigenvalue weighted by Gasteiger charge is 2.25. The first-order chi connectivity index (χ1) is 11.2. The monoisotopic (exact) mass is 353 g/mol. The number of carbonyl (C=O) groups is 1. The van der Waals surface area contributed by atoms with Crippen molar-refractivity contribution in [1.29, 1.82) is 0 Å². The molecular weight excluding hydrogens is 326 g/mol. The molecule has 1 saturated heterocycles. The van der Waals surface area contributed by atoms with Crippen molar-refractivity contribution in [2.24, 2.45) is 0 Å². The fraction of sp³-hybridized carbons (Fsp3) is 0.588. The molecule has 0 radical (unpaired) electrons. The van der Waals surface area contributed by atoms with Gasteiger partial charge in [-0.25, -0.2) is 13.8 Å². The molecule has 2 rings (SSSR count). The van der Waals surface area contributed by atoms with Crippen LogP contribution in [0.5, 0.6) is 0 Å². The normalized spacial score (nSPS) is 17.3. The van der Waals surface area contributed by atoms with Crippen molar-refractivity contribution in [3.05, 3.63) is 29.8 Å². The van der Waals surface area contributed by atoms with Crippen LogP contribution >= 0.6 is 0 Å². The highest BCUT2D eigenvalue weighted by Crippen LogP contribution is 2.21. The van der Waals surface area contributed by atoms with Crippen molar-refractivity contribution in [1.82, 2.24) is 15.2 Å². The maximum atomic E-state index is 12.8. The van der Waals surface area contributed by atoms with Gasteiger partial charge in [-0.2, -0.15) is 4.31 Å². The highest BCUT2D eigenvalue weighted by molar-refractivity contribution is 7.89. The molecule has 6 nitrogen and oxygen atoms in total. The van der Waals surface area contributed by atoms with Crippen molar-refractivity contribution in [2.45, 2.75) is 56.9 Å². The summed E-state index contributed by atoms with van der Waals surface area (Å²) in [5.41, 5.74) is 5.55. The van der Waals surface area contributed by atoms with E-state index in [0.29, 0.717) is 18.7 Å². The van der Waals surface area contributed by atoms with Crippen molar-refractivity contribution < 1.29 is 13.2 Å². The molecule has 1 aliphatic rings. The summed E-state index contributed by atoms with van der Waals surface area (Å²) in [6.07, 6.45) is 3.89. The van der Waals surface area contributed by atoms with Crippen molar-refractivity contribution >= 4 is 15.9 Å². The first-order valence-electron chi connectivity index (χ1n) is 8.38. The minimum absolute atomic E-state index is 0.174. The van der Waals surface area contributed by atoms with Crippen LogP contribution in [0.3, 0.4) is 0 Å². The van der Waals surface area contributed by atoms with Crippen LogP contribution in [0, 0.1) is 0 Å². The molecule has 0 aliphatic carbocycles. The number of nitrogens with one attached hydrogen (secondary N) is 2. The lowest BCUT2D eigenvalue weighted by molar-refractivity contribution is 0.0914. The van der Waals surface area contributed by atoms with E-state index in [0.717, 1.165) is 25.7 Å². The van der Waals surface area contributed by atoms with E-state index in [9.17, 15) is 13.2 Å². The van der Waals surface area contributed by atoms with E-state index in [1.807, 2.05) is 20.8 Å². The second-order valence-electron chi connectivity index (χ2n) is 7.18. The van der Waals surface area contributed by atoms with E-state index in [1.165, 1.54) is 10.4 Å². The number of hydrogen-bond acceptors (Lipinski definition) is 4. The summed E-state index contributed by atoms with van der Waals surface area (Å²) in [7, 11) is -3.55. The van der Waals surface area contributed by atoms with Crippen molar-refractivity contribution in [2.75, 3.05) is 13.1 Å². The van der Waals surface area contributed by atoms with E-state index in [-0.39, 0.29) is 16.3 Å². The highest BCUT2D eigenvalue weighted by atomic mass is 32.2. The van der Waals surface area contributed by atoms with Crippen LogP contribution in [0.4, 0.5) is 0 Å². The summed E-state index contributed by atoms with van der Waals surface area (Å²) in [6, 6.07) is 6.21. The predicted molar refractivity (Wildman–Crippen MR) is 94.0 cm³/mol. The number of hydrazine groups is 1. The molecule has 134 valence electrons. The summed E-state index contributed by atoms with van der Waals surface area (Å²) in [6.45, 7) is 6.86. The molecule has 24 heavy (non-hydrogen) atoms. The fourth-order valence-corrected chi connectivity index (χ4v) is 4.11. The number of amides is 1. The summed E-state index contributed by atoms with van der Waals surface area (Å²) >= 11 is 0. The summed E-state index contributed by atoms with van der Waals surface area (Å²) in [5, 5.41) is 0. The molecule has 0 atom stereocenters. The lowest BCUT2D eigenvalue weighted by Crippen LogP contribution is -2.48. The van der Waals surface area contributed by atoms with Gasteiger partial charge >= 0.3 is 0 Å². The third-order valence-electron chi connectivity index (χ3n) is 3.85. The fourth-order valence-electron chi connectivity index (χ4n) is 2.55. The van der Waals surface area contributed by atoms with Crippen LogP contribution in [0.15, 0.2) is 29.2 Å². The molecule has 1 aliphatic heterocycles. The number of benzene rings is 1. The van der Waals surface area contributed by atoms with Crippen molar-refractivity contribution in [3.8, 4) is 0 Å². The Kier molecular flexibility index (Phi) is 6.01. The Morgan fingerprint density at radius 3 is 2.29 bits per heavy atom. The molecule has 0 unspecified atom stereocenters. The van der Waals surface area contributed by atoms with Gasteiger partial charge in [-0.15, -0.1) is 0 Å². The summed E-state index contributed by atoms with van der Waals surface area (Å²) in [4.78, 5) is 12.4. The molecule has 7 heteroatoms. The SMILES string of the molecule is CC(C)(C)NNC(=O)c1cccc(S(=O)(=O)N2CCCCCC2)c1. The number of hydrogen-bond donors (Lipinski definition) is 2. The zero-order valence-corrected chi connectivity index (χ0v) is 15.4. The van der Waals surface area contributed by atoms with Gasteiger partial charge in [0, 0.05) is 24.2 Å². The van der Waals surface area contributed by atoms with Crippen LogP contribution in [-0.4, -0.2) is 37.3 Å². The van der Waals surface area contributed by atoms with Crippen LogP contribution in [0.1, 0.15) is 56.8 Å². The molecular formula is C17H27N3O3S. The van der Waals surface area contributed by atoms with Gasteiger partial charge in [-0.05, 0) is 51.8 Å². The average Bonchev–Trinajstić information content (AvgIpc) is 2.82. The van der Waals surface area contributed by atoms with Gasteiger partial charge in [-0.3, -0.25) is 10.2 Å². The van der Waals surface area contributed by atoms with Gasteiger partial charge in [0.05, 0.1) is 4.90 Å². The predicted octanol–water partition coefficient (Wildman–Crippen LogP) is 2.28. The molecule has 2 N–H and O–H groups in total. The van der Waals surface area contributed by atoms with Gasteiger partial charge in [-0.1, -0.05) is 18.9 Å². The molecule has 0 spiro atoms. The lowest BCUT2D eigenvalue weighted by Gasteiger charge is -2.22. The number of sulfonamides is 1. The minimum atomic E-state index is -3.55. The topological polar surface area (TPSA) is 78.5 Å². The molecule has 1 amide bonds. The van der Waals surface area contributed by atoms with Gasteiger partial charge in [0.1, 0.15) is 0 Å². The molecule has 0 saturated carbocycles. The summed E-state index contributed by atoms with van der Waals surface area (Å²) < 4.78 is 27.2. The first kappa shape index (κ1) is 18.9. The largest absolute Gasteiger partial charge is 0.287 e. The zero-order chi connectivity index (χ0) is 17.8. The van der Waals surface area contributed by atoms with Gasteiger partial charge in [0.15, 0.2) is 0 Å². The van der Waals surface area contributed by atoms with Crippen molar-refractivity contribution in [3.63, 3.8) is 0 Å². The second-order valence-corrected chi connectivity index (χ2v) is 9.11. The Hall–Kier alpha value is -1.44. The Labute approximate surface area is 144 Å². The number of carbonyl (C=O) groups excluding carboxylic acids is 1. The van der Waals surface area contributed by atoms with Crippen LogP contribution < -0.4 is 10.9 Å². The smallest absolute Gasteiger partial charge is 0.265 e. The molecule has 0 aromatic heterocycles. The minimum Gasteiger partial charge on any atom is -0.287 e. The average molecular weight is 353 g/mol. The maximum absolute atomic E-state index is 12.8. The molecule has 1 heterocycles. The first-order valence-corrected chi connectivity index (χ1v) is 9.82. The lowest BCUT2D eigenvalue weighted by atomic mass is 10.1. The Balaban J connectivity index is 2.18. The van der Waals surface area contributed by atoms with Gasteiger partial charge in [0.25, 0.3) is 5.91 Å². The summed E-state index contributed by atoms with van der Waals surface area (Å²) in [5.74, 6) is -0.349. The number of nitrogens with zero attached hydrogens (tertiary/aromatic N) is 1. The molecule has 1 fully saturated rings. The van der Waals surface area contributed by atoms with Crippen LogP contribution in [-0.2, 0) is 10.0 Å². The number of rotatable bonds is 4. The molecule has 1 aromatic rings. The molecule has 0 bridgehead atoms. The third kappa shape index (κ3) is 5.03. The second kappa shape index (κ2) is 7.63. The van der Waals surface area contributed by atoms with Gasteiger partial charge in [0.2, 0.25) is 10.0 Å². The third-order valence-corrected chi connectivity index (χ3v) is 5.74. The Bertz CT molecular complexity index is 673. The van der Waals surface area contributed by atoms with E-state index < -0.39 is 10.0 Å². The molecule has 1 aromatic carbocycles. The Morgan fingerprint density at radius 1 is 1.08 bits per heavy atom. The van der Waals surface area contributed by atoms with E-state index >= 15 is 0 Å². The van der Waals surface area contributed by atoms with E-state index in [2.05, 4.69) is 10.9 Å². The Morgan fingerprint density at radius 2 is 1.71 bits per heavy atom.